The summed E-state index contributed by atoms with van der Waals surface area (Å²) in [5.74, 6) is 0.402. The van der Waals surface area contributed by atoms with Crippen molar-refractivity contribution in [1.29, 1.82) is 0 Å². The molecule has 3 nitrogen and oxygen atoms in total. The van der Waals surface area contributed by atoms with E-state index in [9.17, 15) is 8.78 Å². The molecule has 3 aromatic rings. The Hall–Kier alpha value is -2.56. The van der Waals surface area contributed by atoms with Gasteiger partial charge in [-0.25, -0.2) is 13.8 Å². The molecule has 0 radical (unpaired) electrons. The summed E-state index contributed by atoms with van der Waals surface area (Å²) in [6.45, 7) is 0. The summed E-state index contributed by atoms with van der Waals surface area (Å²) in [6.07, 6.45) is 0. The van der Waals surface area contributed by atoms with Gasteiger partial charge in [-0.15, -0.1) is 0 Å². The van der Waals surface area contributed by atoms with Gasteiger partial charge in [0.05, 0.1) is 0 Å². The Morgan fingerprint density at radius 2 is 1.26 bits per heavy atom. The normalized spacial score (nSPS) is 10.6. The molecule has 3 rings (SSSR count). The van der Waals surface area contributed by atoms with Crippen LogP contribution in [0.25, 0.3) is 22.8 Å². The van der Waals surface area contributed by atoms with Crippen molar-refractivity contribution in [3.05, 3.63) is 60.2 Å². The van der Waals surface area contributed by atoms with E-state index in [0.717, 1.165) is 5.56 Å². The van der Waals surface area contributed by atoms with E-state index in [1.54, 1.807) is 24.3 Å². The molecule has 94 valence electrons. The zero-order valence-corrected chi connectivity index (χ0v) is 9.77. The van der Waals surface area contributed by atoms with Gasteiger partial charge in [0.1, 0.15) is 11.6 Å². The van der Waals surface area contributed by atoms with E-state index in [1.807, 2.05) is 0 Å². The highest BCUT2D eigenvalue weighted by Gasteiger charge is 2.07. The van der Waals surface area contributed by atoms with Gasteiger partial charge in [-0.1, -0.05) is 0 Å². The fourth-order valence-corrected chi connectivity index (χ4v) is 1.73. The molecule has 0 aliphatic carbocycles. The molecule has 0 spiro atoms. The lowest BCUT2D eigenvalue weighted by molar-refractivity contribution is 0.627. The lowest BCUT2D eigenvalue weighted by atomic mass is 10.2. The van der Waals surface area contributed by atoms with Gasteiger partial charge < -0.3 is 0 Å². The first-order valence-electron chi connectivity index (χ1n) is 5.67. The number of hydrogen-bond donors (Lipinski definition) is 1. The van der Waals surface area contributed by atoms with E-state index in [2.05, 4.69) is 15.2 Å². The van der Waals surface area contributed by atoms with Crippen molar-refractivity contribution in [2.24, 2.45) is 0 Å². The first-order chi connectivity index (χ1) is 9.22. The van der Waals surface area contributed by atoms with Crippen LogP contribution in [-0.2, 0) is 0 Å². The lowest BCUT2D eigenvalue weighted by Crippen LogP contribution is -1.82. The maximum atomic E-state index is 12.8. The van der Waals surface area contributed by atoms with Crippen molar-refractivity contribution in [1.82, 2.24) is 15.2 Å². The van der Waals surface area contributed by atoms with Gasteiger partial charge in [-0.2, -0.15) is 5.10 Å². The number of H-pyrrole nitrogens is 1. The van der Waals surface area contributed by atoms with Gasteiger partial charge in [-0.05, 0) is 48.5 Å². The molecule has 0 bridgehead atoms. The predicted octanol–water partition coefficient (Wildman–Crippen LogP) is 3.42. The summed E-state index contributed by atoms with van der Waals surface area (Å²) in [5.41, 5.74) is 1.45. The number of hydrogen-bond acceptors (Lipinski definition) is 2. The highest BCUT2D eigenvalue weighted by molar-refractivity contribution is 5.60. The van der Waals surface area contributed by atoms with Crippen molar-refractivity contribution in [2.75, 3.05) is 0 Å². The van der Waals surface area contributed by atoms with Crippen LogP contribution in [0.5, 0.6) is 0 Å². The summed E-state index contributed by atoms with van der Waals surface area (Å²) in [7, 11) is 0. The molecule has 0 amide bonds. The van der Waals surface area contributed by atoms with Gasteiger partial charge in [0.25, 0.3) is 0 Å². The van der Waals surface area contributed by atoms with E-state index in [1.165, 1.54) is 24.3 Å². The second-order valence-electron chi connectivity index (χ2n) is 4.02. The van der Waals surface area contributed by atoms with Crippen LogP contribution in [0, 0.1) is 11.6 Å². The Balaban J connectivity index is 1.95. The molecule has 0 saturated carbocycles. The molecule has 1 heterocycles. The molecule has 0 atom stereocenters. The maximum Gasteiger partial charge on any atom is 0.181 e. The van der Waals surface area contributed by atoms with Gasteiger partial charge in [0, 0.05) is 11.1 Å². The van der Waals surface area contributed by atoms with Crippen LogP contribution in [0.15, 0.2) is 48.5 Å². The standard InChI is InChI=1S/C14H9F2N3/c15-11-5-1-9(2-6-11)13-17-14(19-18-13)10-3-7-12(16)8-4-10/h1-8H,(H,17,18,19). The Kier molecular flexibility index (Phi) is 2.79. The minimum Gasteiger partial charge on any atom is -0.259 e. The summed E-state index contributed by atoms with van der Waals surface area (Å²) in [4.78, 5) is 4.30. The minimum absolute atomic E-state index is 0.304. The molecule has 0 unspecified atom stereocenters. The second kappa shape index (κ2) is 4.61. The first kappa shape index (κ1) is 11.5. The first-order valence-corrected chi connectivity index (χ1v) is 5.67. The molecule has 1 aromatic heterocycles. The van der Waals surface area contributed by atoms with Gasteiger partial charge in [0.15, 0.2) is 11.6 Å². The fraction of sp³-hybridized carbons (Fsp3) is 0. The zero-order valence-electron chi connectivity index (χ0n) is 9.77. The van der Waals surface area contributed by atoms with E-state index < -0.39 is 0 Å². The molecule has 5 heteroatoms. The van der Waals surface area contributed by atoms with Crippen molar-refractivity contribution in [3.8, 4) is 22.8 Å². The highest BCUT2D eigenvalue weighted by Crippen LogP contribution is 2.20. The number of nitrogens with zero attached hydrogens (tertiary/aromatic N) is 2. The number of aromatic amines is 1. The molecule has 0 fully saturated rings. The van der Waals surface area contributed by atoms with E-state index in [0.29, 0.717) is 17.2 Å². The van der Waals surface area contributed by atoms with Crippen molar-refractivity contribution in [2.45, 2.75) is 0 Å². The second-order valence-corrected chi connectivity index (χ2v) is 4.02. The molecule has 0 saturated heterocycles. The monoisotopic (exact) mass is 257 g/mol. The topological polar surface area (TPSA) is 41.6 Å². The highest BCUT2D eigenvalue weighted by atomic mass is 19.1. The van der Waals surface area contributed by atoms with Crippen LogP contribution in [0.2, 0.25) is 0 Å². The van der Waals surface area contributed by atoms with E-state index in [4.69, 9.17) is 0 Å². The predicted molar refractivity (Wildman–Crippen MR) is 67.2 cm³/mol. The summed E-state index contributed by atoms with van der Waals surface area (Å²) in [5, 5.41) is 6.84. The third-order valence-corrected chi connectivity index (χ3v) is 2.71. The molecule has 1 N–H and O–H groups in total. The van der Waals surface area contributed by atoms with Gasteiger partial charge >= 0.3 is 0 Å². The number of nitrogens with one attached hydrogen (secondary N) is 1. The Morgan fingerprint density at radius 1 is 0.737 bits per heavy atom. The summed E-state index contributed by atoms with van der Waals surface area (Å²) < 4.78 is 25.7. The third-order valence-electron chi connectivity index (χ3n) is 2.71. The molecular weight excluding hydrogens is 248 g/mol. The largest absolute Gasteiger partial charge is 0.259 e. The van der Waals surface area contributed by atoms with Crippen LogP contribution >= 0.6 is 0 Å². The van der Waals surface area contributed by atoms with E-state index >= 15 is 0 Å². The molecule has 2 aromatic carbocycles. The Bertz CT molecular complexity index is 627. The lowest BCUT2D eigenvalue weighted by Gasteiger charge is -1.95. The molecule has 19 heavy (non-hydrogen) atoms. The van der Waals surface area contributed by atoms with Crippen molar-refractivity contribution >= 4 is 0 Å². The molecule has 0 aliphatic rings. The maximum absolute atomic E-state index is 12.8. The summed E-state index contributed by atoms with van der Waals surface area (Å²) in [6, 6.07) is 11.9. The smallest absolute Gasteiger partial charge is 0.181 e. The third kappa shape index (κ3) is 2.35. The number of halogens is 2. The Morgan fingerprint density at radius 3 is 1.84 bits per heavy atom. The zero-order chi connectivity index (χ0) is 13.2. The van der Waals surface area contributed by atoms with Crippen LogP contribution < -0.4 is 0 Å². The summed E-state index contributed by atoms with van der Waals surface area (Å²) >= 11 is 0. The number of aromatic nitrogens is 3. The fourth-order valence-electron chi connectivity index (χ4n) is 1.73. The van der Waals surface area contributed by atoms with Crippen LogP contribution in [-0.4, -0.2) is 15.2 Å². The van der Waals surface area contributed by atoms with Crippen LogP contribution in [0.4, 0.5) is 8.78 Å². The SMILES string of the molecule is Fc1ccc(-c2n[nH]c(-c3ccc(F)cc3)n2)cc1. The molecule has 0 aliphatic heterocycles. The van der Waals surface area contributed by atoms with Crippen molar-refractivity contribution in [3.63, 3.8) is 0 Å². The van der Waals surface area contributed by atoms with Crippen molar-refractivity contribution < 1.29 is 8.78 Å². The quantitative estimate of drug-likeness (QED) is 0.764. The average molecular weight is 257 g/mol. The van der Waals surface area contributed by atoms with Crippen LogP contribution in [0.1, 0.15) is 0 Å². The Labute approximate surface area is 107 Å². The number of rotatable bonds is 2. The van der Waals surface area contributed by atoms with Gasteiger partial charge in [0.2, 0.25) is 0 Å². The van der Waals surface area contributed by atoms with Gasteiger partial charge in [-0.3, -0.25) is 5.10 Å². The molecular formula is C14H9F2N3. The minimum atomic E-state index is -0.307. The van der Waals surface area contributed by atoms with Crippen LogP contribution in [0.3, 0.4) is 0 Å². The number of benzene rings is 2. The van der Waals surface area contributed by atoms with E-state index in [-0.39, 0.29) is 11.6 Å². The average Bonchev–Trinajstić information content (AvgIpc) is 2.90.